The Labute approximate surface area is 202 Å². The first-order valence-electron chi connectivity index (χ1n) is 12.6. The topological polar surface area (TPSA) is 9.23 Å². The van der Waals surface area contributed by atoms with Crippen molar-refractivity contribution >= 4 is 0 Å². The first-order valence-corrected chi connectivity index (χ1v) is 12.6. The Morgan fingerprint density at radius 3 is 1.91 bits per heavy atom. The maximum absolute atomic E-state index is 14.5. The highest BCUT2D eigenvalue weighted by Crippen LogP contribution is 2.43. The molecule has 0 heterocycles. The Morgan fingerprint density at radius 1 is 0.771 bits per heavy atom. The van der Waals surface area contributed by atoms with E-state index in [1.807, 2.05) is 0 Å². The molecule has 4 rings (SSSR count). The van der Waals surface area contributed by atoms with Gasteiger partial charge in [-0.2, -0.15) is 8.78 Å². The molecule has 2 fully saturated rings. The van der Waals surface area contributed by atoms with Crippen LogP contribution < -0.4 is 4.74 Å². The van der Waals surface area contributed by atoms with Gasteiger partial charge in [-0.25, -0.2) is 17.6 Å². The van der Waals surface area contributed by atoms with Crippen molar-refractivity contribution in [2.45, 2.75) is 77.2 Å². The second kappa shape index (κ2) is 10.8. The monoisotopic (exact) mass is 498 g/mol. The Kier molecular flexibility index (Phi) is 8.02. The van der Waals surface area contributed by atoms with E-state index in [0.29, 0.717) is 18.6 Å². The van der Waals surface area contributed by atoms with E-state index < -0.39 is 35.8 Å². The first-order chi connectivity index (χ1) is 16.6. The van der Waals surface area contributed by atoms with Crippen molar-refractivity contribution in [2.24, 2.45) is 23.7 Å². The van der Waals surface area contributed by atoms with Gasteiger partial charge < -0.3 is 4.74 Å². The van der Waals surface area contributed by atoms with Crippen LogP contribution in [0.4, 0.5) is 26.3 Å². The minimum atomic E-state index is -3.46. The Bertz CT molecular complexity index is 983. The summed E-state index contributed by atoms with van der Waals surface area (Å²) >= 11 is 0. The van der Waals surface area contributed by atoms with Crippen molar-refractivity contribution in [1.82, 2.24) is 0 Å². The van der Waals surface area contributed by atoms with E-state index in [9.17, 15) is 26.3 Å². The molecule has 0 bridgehead atoms. The number of hydrogen-bond acceptors (Lipinski definition) is 1. The molecule has 0 N–H and O–H groups in total. The van der Waals surface area contributed by atoms with Crippen molar-refractivity contribution in [3.63, 3.8) is 0 Å². The zero-order valence-corrected chi connectivity index (χ0v) is 19.9. The third-order valence-corrected chi connectivity index (χ3v) is 7.96. The molecule has 0 aliphatic heterocycles. The molecule has 0 saturated heterocycles. The van der Waals surface area contributed by atoms with Crippen LogP contribution in [0.1, 0.15) is 71.1 Å². The summed E-state index contributed by atoms with van der Waals surface area (Å²) in [7, 11) is 0. The number of alkyl halides is 2. The van der Waals surface area contributed by atoms with E-state index in [2.05, 4.69) is 6.92 Å². The number of halogens is 6. The molecule has 1 nitrogen and oxygen atoms in total. The number of ether oxygens (including phenoxy) is 1. The fourth-order valence-corrected chi connectivity index (χ4v) is 5.81. The van der Waals surface area contributed by atoms with Crippen LogP contribution in [0.5, 0.6) is 5.75 Å². The van der Waals surface area contributed by atoms with Crippen LogP contribution in [0.2, 0.25) is 0 Å². The zero-order valence-electron chi connectivity index (χ0n) is 19.9. The normalized spacial score (nSPS) is 25.5. The maximum atomic E-state index is 14.5. The number of hydrogen-bond donors (Lipinski definition) is 0. The molecular weight excluding hydrogens is 466 g/mol. The summed E-state index contributed by atoms with van der Waals surface area (Å²) in [6.45, 7) is 2.31. The smallest absolute Gasteiger partial charge is 0.397 e. The Balaban J connectivity index is 1.29. The average molecular weight is 499 g/mol. The van der Waals surface area contributed by atoms with Crippen molar-refractivity contribution in [3.05, 3.63) is 53.6 Å². The molecule has 7 heteroatoms. The van der Waals surface area contributed by atoms with Gasteiger partial charge in [-0.05, 0) is 85.6 Å². The van der Waals surface area contributed by atoms with Gasteiger partial charge in [-0.1, -0.05) is 32.6 Å². The quantitative estimate of drug-likeness (QED) is 0.273. The molecule has 2 aliphatic rings. The molecule has 0 aromatic heterocycles. The summed E-state index contributed by atoms with van der Waals surface area (Å²) in [4.78, 5) is 0. The van der Waals surface area contributed by atoms with Gasteiger partial charge in [0.2, 0.25) is 0 Å². The van der Waals surface area contributed by atoms with Crippen LogP contribution in [0.3, 0.4) is 0 Å². The predicted molar refractivity (Wildman–Crippen MR) is 123 cm³/mol. The summed E-state index contributed by atoms with van der Waals surface area (Å²) < 4.78 is 88.3. The minimum Gasteiger partial charge on any atom is -0.432 e. The van der Waals surface area contributed by atoms with Gasteiger partial charge in [0.25, 0.3) is 0 Å². The van der Waals surface area contributed by atoms with Crippen molar-refractivity contribution < 1.29 is 31.1 Å². The molecule has 0 spiro atoms. The highest BCUT2D eigenvalue weighted by Gasteiger charge is 2.35. The first kappa shape index (κ1) is 25.9. The fraction of sp³-hybridized carbons (Fsp3) is 0.571. The van der Waals surface area contributed by atoms with E-state index in [4.69, 9.17) is 4.74 Å². The van der Waals surface area contributed by atoms with Gasteiger partial charge in [0.05, 0.1) is 6.42 Å². The van der Waals surface area contributed by atoms with Gasteiger partial charge in [-0.15, -0.1) is 0 Å². The lowest BCUT2D eigenvalue weighted by molar-refractivity contribution is -0.183. The molecule has 2 aromatic rings. The van der Waals surface area contributed by atoms with Gasteiger partial charge in [0.1, 0.15) is 11.6 Å². The standard InChI is InChI=1S/C28H32F6O/c1-17-2-6-19(7-3-17)20-8-4-18(5-9-20)12-13-28(33,34)35-22-10-11-23(24(29)16-22)21-14-25(30)27(32)26(31)15-21/h10-11,14-20H,2-9,12-13H2,1H3. The molecule has 2 saturated carbocycles. The molecule has 2 aliphatic carbocycles. The van der Waals surface area contributed by atoms with Gasteiger partial charge in [-0.3, -0.25) is 0 Å². The minimum absolute atomic E-state index is 0.240. The lowest BCUT2D eigenvalue weighted by atomic mass is 9.69. The van der Waals surface area contributed by atoms with E-state index in [1.54, 1.807) is 0 Å². The molecule has 2 aromatic carbocycles. The zero-order chi connectivity index (χ0) is 25.2. The molecule has 0 radical (unpaired) electrons. The van der Waals surface area contributed by atoms with E-state index in [-0.39, 0.29) is 22.8 Å². The summed E-state index contributed by atoms with van der Waals surface area (Å²) in [5.74, 6) is -3.39. The number of rotatable bonds is 7. The van der Waals surface area contributed by atoms with Crippen LogP contribution in [-0.4, -0.2) is 6.11 Å². The summed E-state index contributed by atoms with van der Waals surface area (Å²) in [6.07, 6.45) is 5.74. The van der Waals surface area contributed by atoms with Crippen LogP contribution in [0, 0.1) is 46.9 Å². The summed E-state index contributed by atoms with van der Waals surface area (Å²) in [6, 6.07) is 4.24. The van der Waals surface area contributed by atoms with Gasteiger partial charge in [0, 0.05) is 11.6 Å². The number of benzene rings is 2. The van der Waals surface area contributed by atoms with Gasteiger partial charge >= 0.3 is 6.11 Å². The van der Waals surface area contributed by atoms with E-state index >= 15 is 0 Å². The largest absolute Gasteiger partial charge is 0.432 e. The lowest BCUT2D eigenvalue weighted by Crippen LogP contribution is -2.28. The third-order valence-electron chi connectivity index (χ3n) is 7.96. The maximum Gasteiger partial charge on any atom is 0.397 e. The average Bonchev–Trinajstić information content (AvgIpc) is 2.82. The molecule has 0 unspecified atom stereocenters. The van der Waals surface area contributed by atoms with E-state index in [0.717, 1.165) is 61.6 Å². The molecule has 0 atom stereocenters. The van der Waals surface area contributed by atoms with Crippen LogP contribution in [0.15, 0.2) is 30.3 Å². The highest BCUT2D eigenvalue weighted by atomic mass is 19.3. The molecule has 192 valence electrons. The Morgan fingerprint density at radius 2 is 1.34 bits per heavy atom. The van der Waals surface area contributed by atoms with Crippen molar-refractivity contribution in [1.29, 1.82) is 0 Å². The lowest BCUT2D eigenvalue weighted by Gasteiger charge is -2.37. The summed E-state index contributed by atoms with van der Waals surface area (Å²) in [5, 5.41) is 0. The SMILES string of the molecule is CC1CCC(C2CCC(CCC(F)(F)Oc3ccc(-c4cc(F)c(F)c(F)c4)c(F)c3)CC2)CC1. The Hall–Kier alpha value is -2.18. The van der Waals surface area contributed by atoms with Crippen molar-refractivity contribution in [2.75, 3.05) is 0 Å². The molecule has 0 amide bonds. The second-order valence-corrected chi connectivity index (χ2v) is 10.5. The predicted octanol–water partition coefficient (Wildman–Crippen LogP) is 9.29. The third kappa shape index (κ3) is 6.53. The fourth-order valence-electron chi connectivity index (χ4n) is 5.81. The molecular formula is C28H32F6O. The second-order valence-electron chi connectivity index (χ2n) is 10.5. The van der Waals surface area contributed by atoms with Crippen LogP contribution >= 0.6 is 0 Å². The highest BCUT2D eigenvalue weighted by molar-refractivity contribution is 5.65. The van der Waals surface area contributed by atoms with Crippen LogP contribution in [0.25, 0.3) is 11.1 Å². The van der Waals surface area contributed by atoms with E-state index in [1.165, 1.54) is 25.7 Å². The van der Waals surface area contributed by atoms with Gasteiger partial charge in [0.15, 0.2) is 17.5 Å². The van der Waals surface area contributed by atoms with Crippen LogP contribution in [-0.2, 0) is 0 Å². The summed E-state index contributed by atoms with van der Waals surface area (Å²) in [5.41, 5.74) is -0.488. The van der Waals surface area contributed by atoms with Crippen molar-refractivity contribution in [3.8, 4) is 16.9 Å². The molecule has 35 heavy (non-hydrogen) atoms.